The Balaban J connectivity index is 1.96. The summed E-state index contributed by atoms with van der Waals surface area (Å²) in [5.74, 6) is 0.546. The lowest BCUT2D eigenvalue weighted by molar-refractivity contribution is 0.411. The molecule has 1 aromatic heterocycles. The molecule has 1 aromatic carbocycles. The zero-order chi connectivity index (χ0) is 16.6. The number of sulfonamides is 1. The van der Waals surface area contributed by atoms with Crippen LogP contribution in [-0.2, 0) is 10.0 Å². The van der Waals surface area contributed by atoms with Crippen molar-refractivity contribution in [3.63, 3.8) is 0 Å². The van der Waals surface area contributed by atoms with Crippen molar-refractivity contribution in [2.24, 2.45) is 5.73 Å². The fraction of sp³-hybridized carbons (Fsp3) is 0.357. The summed E-state index contributed by atoms with van der Waals surface area (Å²) < 4.78 is 33.3. The number of ether oxygens (including phenoxy) is 1. The summed E-state index contributed by atoms with van der Waals surface area (Å²) in [6.45, 7) is 0.753. The molecule has 2 aromatic rings. The maximum absolute atomic E-state index is 12.6. The number of nitrogens with two attached hydrogens (primary N) is 1. The average molecular weight is 357 g/mol. The molecule has 1 saturated heterocycles. The van der Waals surface area contributed by atoms with Crippen LogP contribution in [0.15, 0.2) is 35.5 Å². The molecule has 23 heavy (non-hydrogen) atoms. The average Bonchev–Trinajstić information content (AvgIpc) is 3.16. The number of hydrogen-bond donors (Lipinski definition) is 1. The standard InChI is InChI=1S/C14H17ClN4O3S/c1-22-14-3-2-10(15)6-13(14)19-9-12(7-17-19)23(20,21)18-5-4-11(16)8-18/h2-3,6-7,9,11H,4-5,8,16H2,1H3/t11-/m0/s1. The van der Waals surface area contributed by atoms with Crippen molar-refractivity contribution >= 4 is 21.6 Å². The van der Waals surface area contributed by atoms with Crippen molar-refractivity contribution in [3.8, 4) is 11.4 Å². The van der Waals surface area contributed by atoms with E-state index in [1.165, 1.54) is 28.5 Å². The van der Waals surface area contributed by atoms with Crippen LogP contribution in [0.1, 0.15) is 6.42 Å². The Morgan fingerprint density at radius 2 is 2.22 bits per heavy atom. The minimum atomic E-state index is -3.59. The summed E-state index contributed by atoms with van der Waals surface area (Å²) in [6, 6.07) is 4.94. The van der Waals surface area contributed by atoms with Gasteiger partial charge in [0.05, 0.1) is 19.5 Å². The molecular weight excluding hydrogens is 340 g/mol. The van der Waals surface area contributed by atoms with Gasteiger partial charge in [-0.15, -0.1) is 0 Å². The summed E-state index contributed by atoms with van der Waals surface area (Å²) >= 11 is 6.00. The molecule has 0 bridgehead atoms. The Bertz CT molecular complexity index is 821. The van der Waals surface area contributed by atoms with E-state index in [0.29, 0.717) is 36.0 Å². The number of benzene rings is 1. The monoisotopic (exact) mass is 356 g/mol. The molecular formula is C14H17ClN4O3S. The van der Waals surface area contributed by atoms with Gasteiger partial charge < -0.3 is 10.5 Å². The molecule has 1 aliphatic heterocycles. The molecule has 0 aliphatic carbocycles. The largest absolute Gasteiger partial charge is 0.494 e. The van der Waals surface area contributed by atoms with Crippen LogP contribution in [0.3, 0.4) is 0 Å². The van der Waals surface area contributed by atoms with Gasteiger partial charge in [-0.25, -0.2) is 13.1 Å². The van der Waals surface area contributed by atoms with Gasteiger partial charge in [0, 0.05) is 24.2 Å². The Morgan fingerprint density at radius 3 is 2.87 bits per heavy atom. The Hall–Kier alpha value is -1.61. The molecule has 1 atom stereocenters. The maximum atomic E-state index is 12.6. The van der Waals surface area contributed by atoms with Crippen LogP contribution >= 0.6 is 11.6 Å². The highest BCUT2D eigenvalue weighted by molar-refractivity contribution is 7.89. The van der Waals surface area contributed by atoms with Crippen LogP contribution in [-0.4, -0.2) is 48.7 Å². The normalized spacial score (nSPS) is 19.2. The minimum Gasteiger partial charge on any atom is -0.494 e. The van der Waals surface area contributed by atoms with Crippen molar-refractivity contribution in [3.05, 3.63) is 35.6 Å². The number of nitrogens with zero attached hydrogens (tertiary/aromatic N) is 3. The van der Waals surface area contributed by atoms with Gasteiger partial charge in [-0.05, 0) is 24.6 Å². The van der Waals surface area contributed by atoms with E-state index < -0.39 is 10.0 Å². The predicted molar refractivity (Wildman–Crippen MR) is 86.5 cm³/mol. The van der Waals surface area contributed by atoms with Crippen LogP contribution in [0.4, 0.5) is 0 Å². The van der Waals surface area contributed by atoms with Crippen LogP contribution in [0, 0.1) is 0 Å². The fourth-order valence-corrected chi connectivity index (χ4v) is 4.15. The SMILES string of the molecule is COc1ccc(Cl)cc1-n1cc(S(=O)(=O)N2CC[C@H](N)C2)cn1. The van der Waals surface area contributed by atoms with Gasteiger partial charge in [0.2, 0.25) is 10.0 Å². The molecule has 0 amide bonds. The third kappa shape index (κ3) is 3.07. The molecule has 2 N–H and O–H groups in total. The molecule has 1 fully saturated rings. The molecule has 7 nitrogen and oxygen atoms in total. The van der Waals surface area contributed by atoms with Gasteiger partial charge in [-0.3, -0.25) is 0 Å². The smallest absolute Gasteiger partial charge is 0.246 e. The summed E-state index contributed by atoms with van der Waals surface area (Å²) in [7, 11) is -2.06. The minimum absolute atomic E-state index is 0.118. The van der Waals surface area contributed by atoms with Gasteiger partial charge in [-0.1, -0.05) is 11.6 Å². The van der Waals surface area contributed by atoms with Crippen molar-refractivity contribution < 1.29 is 13.2 Å². The number of halogens is 1. The van der Waals surface area contributed by atoms with E-state index in [-0.39, 0.29) is 10.9 Å². The van der Waals surface area contributed by atoms with Gasteiger partial charge in [0.25, 0.3) is 0 Å². The van der Waals surface area contributed by atoms with Crippen molar-refractivity contribution in [2.45, 2.75) is 17.4 Å². The van der Waals surface area contributed by atoms with E-state index in [1.807, 2.05) is 0 Å². The van der Waals surface area contributed by atoms with E-state index in [1.54, 1.807) is 18.2 Å². The van der Waals surface area contributed by atoms with Crippen molar-refractivity contribution in [1.29, 1.82) is 0 Å². The molecule has 9 heteroatoms. The second-order valence-corrected chi connectivity index (χ2v) is 7.72. The van der Waals surface area contributed by atoms with Gasteiger partial charge >= 0.3 is 0 Å². The molecule has 0 saturated carbocycles. The van der Waals surface area contributed by atoms with Crippen LogP contribution in [0.2, 0.25) is 5.02 Å². The highest BCUT2D eigenvalue weighted by atomic mass is 35.5. The zero-order valence-electron chi connectivity index (χ0n) is 12.5. The van der Waals surface area contributed by atoms with Gasteiger partial charge in [-0.2, -0.15) is 9.40 Å². The summed E-state index contributed by atoms with van der Waals surface area (Å²) in [4.78, 5) is 0.119. The number of methoxy groups -OCH3 is 1. The van der Waals surface area contributed by atoms with Crippen molar-refractivity contribution in [2.75, 3.05) is 20.2 Å². The number of rotatable bonds is 4. The molecule has 124 valence electrons. The lowest BCUT2D eigenvalue weighted by Crippen LogP contribution is -2.31. The highest BCUT2D eigenvalue weighted by Crippen LogP contribution is 2.27. The number of hydrogen-bond acceptors (Lipinski definition) is 5. The number of aromatic nitrogens is 2. The van der Waals surface area contributed by atoms with Gasteiger partial charge in [0.15, 0.2) is 0 Å². The van der Waals surface area contributed by atoms with Crippen LogP contribution in [0.25, 0.3) is 5.69 Å². The van der Waals surface area contributed by atoms with E-state index in [4.69, 9.17) is 22.1 Å². The van der Waals surface area contributed by atoms with E-state index in [2.05, 4.69) is 5.10 Å². The Morgan fingerprint density at radius 1 is 1.43 bits per heavy atom. The zero-order valence-corrected chi connectivity index (χ0v) is 14.1. The van der Waals surface area contributed by atoms with E-state index in [9.17, 15) is 8.42 Å². The first-order valence-electron chi connectivity index (χ1n) is 7.06. The summed E-state index contributed by atoms with van der Waals surface area (Å²) in [6.07, 6.45) is 3.43. The first kappa shape index (κ1) is 16.3. The second kappa shape index (κ2) is 6.12. The fourth-order valence-electron chi connectivity index (χ4n) is 2.53. The van der Waals surface area contributed by atoms with Crippen LogP contribution < -0.4 is 10.5 Å². The van der Waals surface area contributed by atoms with Crippen LogP contribution in [0.5, 0.6) is 5.75 Å². The third-order valence-electron chi connectivity index (χ3n) is 3.77. The second-order valence-electron chi connectivity index (χ2n) is 5.35. The van der Waals surface area contributed by atoms with E-state index in [0.717, 1.165) is 0 Å². The molecule has 0 spiro atoms. The molecule has 2 heterocycles. The highest BCUT2D eigenvalue weighted by Gasteiger charge is 2.32. The molecule has 3 rings (SSSR count). The summed E-state index contributed by atoms with van der Waals surface area (Å²) in [5, 5.41) is 4.64. The third-order valence-corrected chi connectivity index (χ3v) is 5.82. The lowest BCUT2D eigenvalue weighted by Gasteiger charge is -2.14. The lowest BCUT2D eigenvalue weighted by atomic mass is 10.3. The van der Waals surface area contributed by atoms with E-state index >= 15 is 0 Å². The Kier molecular flexibility index (Phi) is 4.33. The first-order valence-corrected chi connectivity index (χ1v) is 8.88. The molecule has 1 aliphatic rings. The quantitative estimate of drug-likeness (QED) is 0.890. The summed E-state index contributed by atoms with van der Waals surface area (Å²) in [5.41, 5.74) is 6.36. The predicted octanol–water partition coefficient (Wildman–Crippen LogP) is 1.26. The maximum Gasteiger partial charge on any atom is 0.246 e. The molecule has 0 radical (unpaired) electrons. The Labute approximate surface area is 139 Å². The van der Waals surface area contributed by atoms with Crippen molar-refractivity contribution in [1.82, 2.24) is 14.1 Å². The first-order chi connectivity index (χ1) is 10.9. The van der Waals surface area contributed by atoms with Gasteiger partial charge in [0.1, 0.15) is 16.3 Å². The topological polar surface area (TPSA) is 90.5 Å². The molecule has 0 unspecified atom stereocenters.